The molecule has 2 N–H and O–H groups in total. The second-order valence-electron chi connectivity index (χ2n) is 6.37. The Labute approximate surface area is 136 Å². The number of nitrogens with zero attached hydrogens (tertiary/aromatic N) is 1. The van der Waals surface area contributed by atoms with Crippen LogP contribution in [0, 0.1) is 17.8 Å². The maximum Gasteiger partial charge on any atom is 0.227 e. The summed E-state index contributed by atoms with van der Waals surface area (Å²) in [6.07, 6.45) is 8.33. The van der Waals surface area contributed by atoms with E-state index in [4.69, 9.17) is 15.7 Å². The Hall–Kier alpha value is -1.84. The number of aromatic nitrogens is 1. The van der Waals surface area contributed by atoms with E-state index in [0.29, 0.717) is 18.9 Å². The van der Waals surface area contributed by atoms with Crippen molar-refractivity contribution in [1.82, 2.24) is 15.8 Å². The predicted octanol–water partition coefficient (Wildman–Crippen LogP) is 0.840. The van der Waals surface area contributed by atoms with Gasteiger partial charge >= 0.3 is 0 Å². The van der Waals surface area contributed by atoms with Gasteiger partial charge in [-0.2, -0.15) is 0 Å². The summed E-state index contributed by atoms with van der Waals surface area (Å²) in [6, 6.07) is 1.98. The Morgan fingerprint density at radius 1 is 1.52 bits per heavy atom. The Bertz CT molecular complexity index is 578. The normalized spacial score (nSPS) is 23.3. The summed E-state index contributed by atoms with van der Waals surface area (Å²) in [4.78, 5) is 12.6. The molecule has 0 saturated carbocycles. The molecule has 3 heterocycles. The van der Waals surface area contributed by atoms with Gasteiger partial charge in [-0.3, -0.25) is 4.79 Å². The van der Waals surface area contributed by atoms with E-state index in [0.717, 1.165) is 50.4 Å². The number of terminal acetylenes is 1. The van der Waals surface area contributed by atoms with E-state index in [9.17, 15) is 4.79 Å². The molecule has 124 valence electrons. The Morgan fingerprint density at radius 2 is 2.35 bits per heavy atom. The van der Waals surface area contributed by atoms with E-state index in [1.165, 1.54) is 0 Å². The molecule has 0 aliphatic carbocycles. The summed E-state index contributed by atoms with van der Waals surface area (Å²) >= 11 is 0. The fraction of sp³-hybridized carbons (Fsp3) is 0.647. The van der Waals surface area contributed by atoms with Crippen molar-refractivity contribution in [3.63, 3.8) is 0 Å². The lowest BCUT2D eigenvalue weighted by atomic mass is 9.74. The summed E-state index contributed by atoms with van der Waals surface area (Å²) in [6.45, 7) is 3.37. The zero-order chi connectivity index (χ0) is 16.1. The largest absolute Gasteiger partial charge is 0.381 e. The summed E-state index contributed by atoms with van der Waals surface area (Å²) in [7, 11) is 0. The smallest absolute Gasteiger partial charge is 0.227 e. The standard InChI is InChI=1S/C17H23N3O3/c1-2-6-19-16(21)17(4-7-18-8-5-17)11-14-10-15(20-23-14)13-3-9-22-12-13/h1,10,13,18H,3-9,11-12H2,(H,19,21)/t13-/m1/s1. The summed E-state index contributed by atoms with van der Waals surface area (Å²) in [5.41, 5.74) is 0.469. The number of ether oxygens (including phenoxy) is 1. The number of rotatable bonds is 5. The fourth-order valence-corrected chi connectivity index (χ4v) is 3.41. The van der Waals surface area contributed by atoms with Crippen molar-refractivity contribution in [2.24, 2.45) is 5.41 Å². The van der Waals surface area contributed by atoms with Crippen LogP contribution >= 0.6 is 0 Å². The average molecular weight is 317 g/mol. The fourth-order valence-electron chi connectivity index (χ4n) is 3.41. The minimum absolute atomic E-state index is 0.0131. The van der Waals surface area contributed by atoms with Crippen molar-refractivity contribution in [1.29, 1.82) is 0 Å². The monoisotopic (exact) mass is 317 g/mol. The number of carbonyl (C=O) groups is 1. The SMILES string of the molecule is C#CCNC(=O)C1(Cc2cc([C@@H]3CCOC3)no2)CCNCC1. The van der Waals surface area contributed by atoms with Gasteiger partial charge in [-0.25, -0.2) is 0 Å². The van der Waals surface area contributed by atoms with Crippen molar-refractivity contribution in [3.8, 4) is 12.3 Å². The van der Waals surface area contributed by atoms with E-state index in [1.54, 1.807) is 0 Å². The van der Waals surface area contributed by atoms with Gasteiger partial charge in [0.1, 0.15) is 5.76 Å². The molecule has 23 heavy (non-hydrogen) atoms. The number of hydrogen-bond donors (Lipinski definition) is 2. The molecule has 0 unspecified atom stereocenters. The van der Waals surface area contributed by atoms with Gasteiger partial charge < -0.3 is 19.9 Å². The van der Waals surface area contributed by atoms with Crippen LogP contribution in [-0.2, 0) is 16.0 Å². The van der Waals surface area contributed by atoms with Gasteiger partial charge in [0.25, 0.3) is 0 Å². The lowest BCUT2D eigenvalue weighted by Crippen LogP contribution is -2.49. The Balaban J connectivity index is 1.73. The average Bonchev–Trinajstić information content (AvgIpc) is 3.24. The van der Waals surface area contributed by atoms with Gasteiger partial charge in [0.15, 0.2) is 0 Å². The molecule has 2 fully saturated rings. The molecule has 1 aromatic heterocycles. The zero-order valence-electron chi connectivity index (χ0n) is 13.3. The van der Waals surface area contributed by atoms with Crippen LogP contribution in [0.2, 0.25) is 0 Å². The quantitative estimate of drug-likeness (QED) is 0.787. The van der Waals surface area contributed by atoms with Crippen LogP contribution in [0.25, 0.3) is 0 Å². The first-order valence-corrected chi connectivity index (χ1v) is 8.19. The van der Waals surface area contributed by atoms with Crippen molar-refractivity contribution in [2.75, 3.05) is 32.8 Å². The molecule has 0 radical (unpaired) electrons. The van der Waals surface area contributed by atoms with E-state index < -0.39 is 5.41 Å². The molecule has 1 atom stereocenters. The van der Waals surface area contributed by atoms with Crippen LogP contribution in [0.15, 0.2) is 10.6 Å². The first-order valence-electron chi connectivity index (χ1n) is 8.19. The van der Waals surface area contributed by atoms with Gasteiger partial charge in [-0.05, 0) is 32.4 Å². The number of amides is 1. The minimum atomic E-state index is -0.467. The Kier molecular flexibility index (Phi) is 4.99. The van der Waals surface area contributed by atoms with Gasteiger partial charge in [-0.15, -0.1) is 6.42 Å². The van der Waals surface area contributed by atoms with Crippen molar-refractivity contribution >= 4 is 5.91 Å². The zero-order valence-corrected chi connectivity index (χ0v) is 13.3. The number of piperidine rings is 1. The molecular weight excluding hydrogens is 294 g/mol. The second-order valence-corrected chi connectivity index (χ2v) is 6.37. The second kappa shape index (κ2) is 7.16. The predicted molar refractivity (Wildman–Crippen MR) is 84.8 cm³/mol. The molecule has 0 bridgehead atoms. The van der Waals surface area contributed by atoms with Crippen molar-refractivity contribution in [3.05, 3.63) is 17.5 Å². The molecule has 6 heteroatoms. The molecule has 2 saturated heterocycles. The van der Waals surface area contributed by atoms with Crippen LogP contribution in [0.3, 0.4) is 0 Å². The summed E-state index contributed by atoms with van der Waals surface area (Å²) in [5.74, 6) is 3.56. The van der Waals surface area contributed by atoms with Crippen LogP contribution < -0.4 is 10.6 Å². The maximum absolute atomic E-state index is 12.6. The molecule has 0 aromatic carbocycles. The molecular formula is C17H23N3O3. The molecule has 6 nitrogen and oxygen atoms in total. The third-order valence-electron chi connectivity index (χ3n) is 4.83. The topological polar surface area (TPSA) is 76.4 Å². The Morgan fingerprint density at radius 3 is 3.04 bits per heavy atom. The highest BCUT2D eigenvalue weighted by Gasteiger charge is 2.40. The molecule has 1 aromatic rings. The van der Waals surface area contributed by atoms with Gasteiger partial charge in [-0.1, -0.05) is 11.1 Å². The van der Waals surface area contributed by atoms with Crippen LogP contribution in [0.4, 0.5) is 0 Å². The van der Waals surface area contributed by atoms with Gasteiger partial charge in [0.2, 0.25) is 5.91 Å². The third kappa shape index (κ3) is 3.57. The van der Waals surface area contributed by atoms with E-state index in [2.05, 4.69) is 21.7 Å². The highest BCUT2D eigenvalue weighted by molar-refractivity contribution is 5.83. The highest BCUT2D eigenvalue weighted by Crippen LogP contribution is 2.34. The summed E-state index contributed by atoms with van der Waals surface area (Å²) in [5, 5.41) is 10.3. The van der Waals surface area contributed by atoms with Crippen molar-refractivity contribution in [2.45, 2.75) is 31.6 Å². The third-order valence-corrected chi connectivity index (χ3v) is 4.83. The number of nitrogens with one attached hydrogen (secondary N) is 2. The van der Waals surface area contributed by atoms with Crippen LogP contribution in [0.1, 0.15) is 36.6 Å². The minimum Gasteiger partial charge on any atom is -0.381 e. The maximum atomic E-state index is 12.6. The molecule has 2 aliphatic heterocycles. The van der Waals surface area contributed by atoms with Gasteiger partial charge in [0, 0.05) is 25.0 Å². The van der Waals surface area contributed by atoms with E-state index in [1.807, 2.05) is 6.07 Å². The van der Waals surface area contributed by atoms with E-state index >= 15 is 0 Å². The number of carbonyl (C=O) groups excluding carboxylic acids is 1. The number of hydrogen-bond acceptors (Lipinski definition) is 5. The lowest BCUT2D eigenvalue weighted by Gasteiger charge is -2.35. The molecule has 2 aliphatic rings. The van der Waals surface area contributed by atoms with Crippen LogP contribution in [0.5, 0.6) is 0 Å². The van der Waals surface area contributed by atoms with Crippen LogP contribution in [-0.4, -0.2) is 43.9 Å². The summed E-state index contributed by atoms with van der Waals surface area (Å²) < 4.78 is 10.9. The molecule has 0 spiro atoms. The molecule has 1 amide bonds. The molecule has 3 rings (SSSR count). The first kappa shape index (κ1) is 16.0. The highest BCUT2D eigenvalue weighted by atomic mass is 16.5. The van der Waals surface area contributed by atoms with E-state index in [-0.39, 0.29) is 12.5 Å². The van der Waals surface area contributed by atoms with Crippen molar-refractivity contribution < 1.29 is 14.1 Å². The first-order chi connectivity index (χ1) is 11.2. The van der Waals surface area contributed by atoms with Gasteiger partial charge in [0.05, 0.1) is 24.3 Å². The lowest BCUT2D eigenvalue weighted by molar-refractivity contribution is -0.132.